The Morgan fingerprint density at radius 2 is 1.84 bits per heavy atom. The Bertz CT molecular complexity index is 1130. The Balaban J connectivity index is 1.72. The minimum absolute atomic E-state index is 0.215. The third-order valence-corrected chi connectivity index (χ3v) is 6.75. The molecule has 1 unspecified atom stereocenters. The highest BCUT2D eigenvalue weighted by Gasteiger charge is 2.61. The van der Waals surface area contributed by atoms with Gasteiger partial charge in [0.25, 0.3) is 5.91 Å². The van der Waals surface area contributed by atoms with E-state index in [1.54, 1.807) is 4.90 Å². The molecule has 0 saturated heterocycles. The van der Waals surface area contributed by atoms with Crippen LogP contribution in [-0.2, 0) is 19.3 Å². The van der Waals surface area contributed by atoms with Crippen molar-refractivity contribution >= 4 is 40.3 Å². The van der Waals surface area contributed by atoms with E-state index in [2.05, 4.69) is 10.4 Å². The molecule has 0 radical (unpaired) electrons. The van der Waals surface area contributed by atoms with Gasteiger partial charge < -0.3 is 15.0 Å². The van der Waals surface area contributed by atoms with Crippen molar-refractivity contribution in [2.45, 2.75) is 32.6 Å². The summed E-state index contributed by atoms with van der Waals surface area (Å²) in [6.45, 7) is 7.23. The Kier molecular flexibility index (Phi) is 5.68. The molecule has 0 saturated carbocycles. The van der Waals surface area contributed by atoms with Gasteiger partial charge in [0.2, 0.25) is 16.7 Å². The van der Waals surface area contributed by atoms with E-state index in [1.165, 1.54) is 18.9 Å². The van der Waals surface area contributed by atoms with Crippen LogP contribution in [-0.4, -0.2) is 41.0 Å². The van der Waals surface area contributed by atoms with Crippen LogP contribution in [0.1, 0.15) is 30.5 Å². The number of fused-ring (bicyclic) bond motifs is 2. The van der Waals surface area contributed by atoms with Gasteiger partial charge in [-0.1, -0.05) is 30.3 Å². The minimum Gasteiger partial charge on any atom is -0.492 e. The number of nitrogens with zero attached hydrogens (tertiary/aromatic N) is 3. The summed E-state index contributed by atoms with van der Waals surface area (Å²) in [5, 5.41) is 8.29. The lowest BCUT2D eigenvalue weighted by molar-refractivity contribution is -0.139. The number of para-hydroxylation sites is 1. The number of anilines is 1. The van der Waals surface area contributed by atoms with Crippen LogP contribution in [0.5, 0.6) is 5.75 Å². The Morgan fingerprint density at radius 1 is 1.12 bits per heavy atom. The quantitative estimate of drug-likeness (QED) is 0.770. The molecule has 0 aromatic heterocycles. The van der Waals surface area contributed by atoms with Crippen molar-refractivity contribution in [2.75, 3.05) is 18.1 Å². The molecule has 0 bridgehead atoms. The van der Waals surface area contributed by atoms with Crippen molar-refractivity contribution in [1.29, 1.82) is 0 Å². The third-order valence-electron chi connectivity index (χ3n) is 5.51. The molecule has 1 spiro atoms. The highest BCUT2D eigenvalue weighted by molar-refractivity contribution is 8.15. The number of aryl methyl sites for hydroxylation is 1. The van der Waals surface area contributed by atoms with Gasteiger partial charge >= 0.3 is 0 Å². The zero-order valence-electron chi connectivity index (χ0n) is 18.3. The van der Waals surface area contributed by atoms with E-state index in [4.69, 9.17) is 4.74 Å². The van der Waals surface area contributed by atoms with Gasteiger partial charge in [-0.3, -0.25) is 14.4 Å². The number of nitrogens with one attached hydrogen (secondary N) is 1. The Labute approximate surface area is 190 Å². The lowest BCUT2D eigenvalue weighted by Gasteiger charge is -2.29. The maximum absolute atomic E-state index is 13.9. The summed E-state index contributed by atoms with van der Waals surface area (Å²) in [4.78, 5) is 38.3. The molecule has 4 rings (SSSR count). The highest BCUT2D eigenvalue weighted by atomic mass is 32.2. The number of hydrazone groups is 1. The Morgan fingerprint density at radius 3 is 2.50 bits per heavy atom. The van der Waals surface area contributed by atoms with Gasteiger partial charge in [0.1, 0.15) is 12.4 Å². The van der Waals surface area contributed by atoms with E-state index in [1.807, 2.05) is 56.3 Å². The lowest BCUT2D eigenvalue weighted by Crippen LogP contribution is -2.49. The molecule has 2 aliphatic rings. The molecule has 2 aromatic carbocycles. The summed E-state index contributed by atoms with van der Waals surface area (Å²) in [5.41, 5.74) is 3.41. The fourth-order valence-corrected chi connectivity index (χ4v) is 5.29. The number of rotatable bonds is 4. The van der Waals surface area contributed by atoms with E-state index < -0.39 is 10.8 Å². The number of amidine groups is 1. The lowest BCUT2D eigenvalue weighted by atomic mass is 10.00. The number of carbonyl (C=O) groups is 3. The van der Waals surface area contributed by atoms with Gasteiger partial charge in [0.15, 0.2) is 5.17 Å². The van der Waals surface area contributed by atoms with Crippen LogP contribution in [0.25, 0.3) is 0 Å². The highest BCUT2D eigenvalue weighted by Crippen LogP contribution is 2.55. The first-order valence-corrected chi connectivity index (χ1v) is 11.0. The average molecular weight is 453 g/mol. The zero-order chi connectivity index (χ0) is 23.0. The molecule has 3 amide bonds. The molecule has 166 valence electrons. The van der Waals surface area contributed by atoms with E-state index in [0.717, 1.165) is 28.6 Å². The van der Waals surface area contributed by atoms with Gasteiger partial charge in [-0.25, -0.2) is 0 Å². The third kappa shape index (κ3) is 3.52. The molecule has 1 N–H and O–H groups in total. The fraction of sp³-hybridized carbons (Fsp3) is 0.304. The van der Waals surface area contributed by atoms with Crippen molar-refractivity contribution in [2.24, 2.45) is 5.10 Å². The van der Waals surface area contributed by atoms with Crippen molar-refractivity contribution in [3.05, 3.63) is 59.2 Å². The van der Waals surface area contributed by atoms with Crippen molar-refractivity contribution in [1.82, 2.24) is 10.3 Å². The summed E-state index contributed by atoms with van der Waals surface area (Å²) < 4.78 is 5.83. The zero-order valence-corrected chi connectivity index (χ0v) is 19.2. The van der Waals surface area contributed by atoms with Gasteiger partial charge in [-0.2, -0.15) is 5.01 Å². The maximum atomic E-state index is 13.9. The van der Waals surface area contributed by atoms with Crippen molar-refractivity contribution < 1.29 is 19.1 Å². The second-order valence-corrected chi connectivity index (χ2v) is 8.87. The van der Waals surface area contributed by atoms with E-state index >= 15 is 0 Å². The second-order valence-electron chi connectivity index (χ2n) is 7.69. The number of ether oxygens (including phenoxy) is 1. The van der Waals surface area contributed by atoms with Crippen molar-refractivity contribution in [3.8, 4) is 5.75 Å². The summed E-state index contributed by atoms with van der Waals surface area (Å²) >= 11 is 1.08. The summed E-state index contributed by atoms with van der Waals surface area (Å²) in [7, 11) is 0. The van der Waals surface area contributed by atoms with E-state index in [-0.39, 0.29) is 23.6 Å². The van der Waals surface area contributed by atoms with Crippen LogP contribution in [0, 0.1) is 13.8 Å². The first-order chi connectivity index (χ1) is 15.3. The molecular formula is C23H24N4O4S. The van der Waals surface area contributed by atoms with Crippen LogP contribution in [0.4, 0.5) is 5.69 Å². The van der Waals surface area contributed by atoms with Gasteiger partial charge in [0.05, 0.1) is 12.2 Å². The SMILES string of the molecule is CC(=O)NC1=NN(C(C)=O)C2(S1)C(=O)N(CCOc1ccccc1)c1c2ccc(C)c1C. The number of hydrogen-bond donors (Lipinski definition) is 1. The van der Waals surface area contributed by atoms with Crippen LogP contribution in [0.15, 0.2) is 47.6 Å². The summed E-state index contributed by atoms with van der Waals surface area (Å²) in [6, 6.07) is 13.2. The van der Waals surface area contributed by atoms with Gasteiger partial charge in [-0.15, -0.1) is 5.10 Å². The number of hydrogen-bond acceptors (Lipinski definition) is 6. The largest absolute Gasteiger partial charge is 0.492 e. The Hall–Kier alpha value is -3.33. The normalized spacial score (nSPS) is 19.2. The monoisotopic (exact) mass is 452 g/mol. The maximum Gasteiger partial charge on any atom is 0.270 e. The first kappa shape index (κ1) is 21.9. The van der Waals surface area contributed by atoms with Crippen molar-refractivity contribution in [3.63, 3.8) is 0 Å². The number of carbonyl (C=O) groups excluding carboxylic acids is 3. The van der Waals surface area contributed by atoms with E-state index in [0.29, 0.717) is 17.9 Å². The molecule has 32 heavy (non-hydrogen) atoms. The first-order valence-electron chi connectivity index (χ1n) is 10.2. The minimum atomic E-state index is -1.40. The molecule has 2 aromatic rings. The van der Waals surface area contributed by atoms with Crippen LogP contribution in [0.2, 0.25) is 0 Å². The van der Waals surface area contributed by atoms with E-state index in [9.17, 15) is 14.4 Å². The number of amides is 3. The average Bonchev–Trinajstić information content (AvgIpc) is 3.23. The second kappa shape index (κ2) is 8.31. The van der Waals surface area contributed by atoms with Crippen LogP contribution in [0.3, 0.4) is 0 Å². The fourth-order valence-electron chi connectivity index (χ4n) is 3.97. The van der Waals surface area contributed by atoms with Gasteiger partial charge in [0, 0.05) is 19.4 Å². The van der Waals surface area contributed by atoms with Crippen LogP contribution < -0.4 is 15.0 Å². The molecule has 2 aliphatic heterocycles. The molecule has 8 nitrogen and oxygen atoms in total. The van der Waals surface area contributed by atoms with Crippen LogP contribution >= 0.6 is 11.8 Å². The molecular weight excluding hydrogens is 428 g/mol. The number of benzene rings is 2. The standard InChI is InChI=1S/C23H24N4O4S/c1-14-10-11-19-20(15(14)2)26(12-13-31-18-8-6-5-7-9-18)21(30)23(19)27(17(4)29)25-22(32-23)24-16(3)28/h5-11H,12-13H2,1-4H3,(H,24,25,28). The molecule has 1 atom stereocenters. The smallest absolute Gasteiger partial charge is 0.270 e. The molecule has 0 aliphatic carbocycles. The van der Waals surface area contributed by atoms with Gasteiger partial charge in [-0.05, 0) is 48.9 Å². The predicted octanol–water partition coefficient (Wildman–Crippen LogP) is 2.88. The molecule has 9 heteroatoms. The topological polar surface area (TPSA) is 91.3 Å². The summed E-state index contributed by atoms with van der Waals surface area (Å²) in [6.07, 6.45) is 0. The molecule has 0 fully saturated rings. The number of thioether (sulfide) groups is 1. The predicted molar refractivity (Wildman–Crippen MR) is 123 cm³/mol. The molecule has 2 heterocycles. The summed E-state index contributed by atoms with van der Waals surface area (Å²) in [5.74, 6) is -0.289.